The fourth-order valence-corrected chi connectivity index (χ4v) is 3.21. The van der Waals surface area contributed by atoms with Crippen molar-refractivity contribution >= 4 is 5.95 Å². The third-order valence-corrected chi connectivity index (χ3v) is 4.13. The molecule has 5 heteroatoms. The topological polar surface area (TPSA) is 64.8 Å². The molecule has 2 atom stereocenters. The van der Waals surface area contributed by atoms with Crippen LogP contribution in [0.3, 0.4) is 0 Å². The molecule has 0 amide bonds. The van der Waals surface area contributed by atoms with Crippen molar-refractivity contribution in [1.82, 2.24) is 15.3 Å². The zero-order valence-electron chi connectivity index (χ0n) is 11.0. The minimum atomic E-state index is 0.453. The molecule has 0 spiro atoms. The van der Waals surface area contributed by atoms with Gasteiger partial charge in [0.05, 0.1) is 0 Å². The number of hydrogen-bond donors (Lipinski definition) is 1. The van der Waals surface area contributed by atoms with Gasteiger partial charge in [-0.15, -0.1) is 0 Å². The van der Waals surface area contributed by atoms with Crippen LogP contribution in [0.5, 0.6) is 0 Å². The molecule has 2 saturated heterocycles. The molecule has 0 aromatic carbocycles. The molecule has 0 radical (unpaired) electrons. The monoisotopic (exact) mass is 257 g/mol. The Labute approximate surface area is 113 Å². The zero-order chi connectivity index (χ0) is 13.1. The van der Waals surface area contributed by atoms with E-state index in [1.807, 2.05) is 0 Å². The quantitative estimate of drug-likeness (QED) is 0.869. The molecule has 1 aromatic rings. The van der Waals surface area contributed by atoms with E-state index in [0.717, 1.165) is 19.0 Å². The van der Waals surface area contributed by atoms with Gasteiger partial charge in [-0.25, -0.2) is 9.97 Å². The molecule has 1 N–H and O–H groups in total. The second-order valence-corrected chi connectivity index (χ2v) is 5.31. The van der Waals surface area contributed by atoms with Crippen LogP contribution in [0.2, 0.25) is 0 Å². The van der Waals surface area contributed by atoms with Gasteiger partial charge in [-0.05, 0) is 44.7 Å². The van der Waals surface area contributed by atoms with E-state index in [1.165, 1.54) is 32.1 Å². The average Bonchev–Trinajstić information content (AvgIpc) is 3.01. The van der Waals surface area contributed by atoms with Crippen LogP contribution in [0.4, 0.5) is 5.95 Å². The number of aromatic nitrogens is 2. The maximum Gasteiger partial charge on any atom is 0.226 e. The lowest BCUT2D eigenvalue weighted by Crippen LogP contribution is -2.51. The third kappa shape index (κ3) is 2.54. The molecule has 1 aromatic heterocycles. The van der Waals surface area contributed by atoms with Crippen LogP contribution < -0.4 is 10.2 Å². The molecule has 2 aliphatic heterocycles. The van der Waals surface area contributed by atoms with E-state index in [2.05, 4.69) is 26.3 Å². The molecule has 3 heterocycles. The number of hydrogen-bond acceptors (Lipinski definition) is 5. The van der Waals surface area contributed by atoms with Gasteiger partial charge in [0.2, 0.25) is 5.95 Å². The highest BCUT2D eigenvalue weighted by molar-refractivity contribution is 5.36. The Morgan fingerprint density at radius 1 is 1.32 bits per heavy atom. The van der Waals surface area contributed by atoms with Crippen LogP contribution in [-0.2, 0) is 0 Å². The average molecular weight is 257 g/mol. The maximum atomic E-state index is 8.97. The highest BCUT2D eigenvalue weighted by atomic mass is 15.3. The van der Waals surface area contributed by atoms with Gasteiger partial charge in [0.15, 0.2) is 0 Å². The third-order valence-electron chi connectivity index (χ3n) is 4.13. The Bertz CT molecular complexity index is 475. The van der Waals surface area contributed by atoms with Crippen molar-refractivity contribution in [2.24, 2.45) is 0 Å². The molecule has 0 saturated carbocycles. The van der Waals surface area contributed by atoms with Crippen LogP contribution in [0.15, 0.2) is 12.3 Å². The lowest BCUT2D eigenvalue weighted by atomic mass is 9.95. The molecule has 3 rings (SSSR count). The summed E-state index contributed by atoms with van der Waals surface area (Å²) in [5, 5.41) is 12.6. The molecule has 5 nitrogen and oxygen atoms in total. The molecule has 2 unspecified atom stereocenters. The first kappa shape index (κ1) is 12.4. The van der Waals surface area contributed by atoms with Crippen LogP contribution in [0.25, 0.3) is 0 Å². The zero-order valence-corrected chi connectivity index (χ0v) is 11.0. The van der Waals surface area contributed by atoms with E-state index in [0.29, 0.717) is 17.8 Å². The van der Waals surface area contributed by atoms with Gasteiger partial charge < -0.3 is 10.2 Å². The summed E-state index contributed by atoms with van der Waals surface area (Å²) in [5.74, 6) is 0.720. The highest BCUT2D eigenvalue weighted by Gasteiger charge is 2.32. The van der Waals surface area contributed by atoms with E-state index in [1.54, 1.807) is 12.3 Å². The molecular weight excluding hydrogens is 238 g/mol. The van der Waals surface area contributed by atoms with Gasteiger partial charge in [0.25, 0.3) is 0 Å². The Balaban J connectivity index is 1.84. The fourth-order valence-electron chi connectivity index (χ4n) is 3.21. The summed E-state index contributed by atoms with van der Waals surface area (Å²) in [4.78, 5) is 11.0. The lowest BCUT2D eigenvalue weighted by molar-refractivity contribution is 0.373. The number of nitriles is 1. The van der Waals surface area contributed by atoms with E-state index >= 15 is 0 Å². The van der Waals surface area contributed by atoms with Crippen molar-refractivity contribution in [2.45, 2.75) is 44.2 Å². The molecule has 0 aliphatic carbocycles. The number of piperidine rings is 1. The summed E-state index contributed by atoms with van der Waals surface area (Å²) in [6.07, 6.45) is 7.83. The summed E-state index contributed by atoms with van der Waals surface area (Å²) in [5.41, 5.74) is 0.453. The second-order valence-electron chi connectivity index (χ2n) is 5.31. The van der Waals surface area contributed by atoms with Crippen LogP contribution in [-0.4, -0.2) is 35.1 Å². The molecule has 2 fully saturated rings. The van der Waals surface area contributed by atoms with Crippen LogP contribution >= 0.6 is 0 Å². The number of anilines is 1. The number of nitrogens with zero attached hydrogens (tertiary/aromatic N) is 4. The molecular formula is C14H19N5. The van der Waals surface area contributed by atoms with Crippen molar-refractivity contribution in [3.8, 4) is 6.07 Å². The number of nitrogens with one attached hydrogen (secondary N) is 1. The maximum absolute atomic E-state index is 8.97. The standard InChI is InChI=1S/C14H19N5/c15-10-11-6-8-17-14(18-11)19-9-2-1-5-13(19)12-4-3-7-16-12/h6,8,12-13,16H,1-5,7,9H2. The largest absolute Gasteiger partial charge is 0.336 e. The second kappa shape index (κ2) is 5.54. The predicted octanol–water partition coefficient (Wildman–Crippen LogP) is 1.46. The predicted molar refractivity (Wildman–Crippen MR) is 72.8 cm³/mol. The Kier molecular flexibility index (Phi) is 3.60. The first-order valence-electron chi connectivity index (χ1n) is 7.11. The normalized spacial score (nSPS) is 27.2. The smallest absolute Gasteiger partial charge is 0.226 e. The van der Waals surface area contributed by atoms with Crippen molar-refractivity contribution in [3.63, 3.8) is 0 Å². The van der Waals surface area contributed by atoms with Gasteiger partial charge in [-0.3, -0.25) is 0 Å². The first-order chi connectivity index (χ1) is 9.38. The molecule has 2 aliphatic rings. The van der Waals surface area contributed by atoms with Crippen LogP contribution in [0.1, 0.15) is 37.8 Å². The van der Waals surface area contributed by atoms with E-state index < -0.39 is 0 Å². The van der Waals surface area contributed by atoms with Crippen molar-refractivity contribution in [2.75, 3.05) is 18.0 Å². The van der Waals surface area contributed by atoms with E-state index in [-0.39, 0.29) is 0 Å². The first-order valence-corrected chi connectivity index (χ1v) is 7.11. The SMILES string of the molecule is N#Cc1ccnc(N2CCCCC2C2CCCN2)n1. The summed E-state index contributed by atoms with van der Waals surface area (Å²) < 4.78 is 0. The van der Waals surface area contributed by atoms with Crippen molar-refractivity contribution in [3.05, 3.63) is 18.0 Å². The molecule has 0 bridgehead atoms. The van der Waals surface area contributed by atoms with Gasteiger partial charge >= 0.3 is 0 Å². The van der Waals surface area contributed by atoms with Crippen molar-refractivity contribution in [1.29, 1.82) is 5.26 Å². The summed E-state index contributed by atoms with van der Waals surface area (Å²) in [7, 11) is 0. The minimum absolute atomic E-state index is 0.453. The van der Waals surface area contributed by atoms with Gasteiger partial charge in [0.1, 0.15) is 11.8 Å². The summed E-state index contributed by atoms with van der Waals surface area (Å²) in [6, 6.07) is 4.79. The fraction of sp³-hybridized carbons (Fsp3) is 0.643. The van der Waals surface area contributed by atoms with Gasteiger partial charge in [-0.1, -0.05) is 0 Å². The highest BCUT2D eigenvalue weighted by Crippen LogP contribution is 2.27. The minimum Gasteiger partial charge on any atom is -0.336 e. The van der Waals surface area contributed by atoms with E-state index in [9.17, 15) is 0 Å². The summed E-state index contributed by atoms with van der Waals surface area (Å²) >= 11 is 0. The van der Waals surface area contributed by atoms with E-state index in [4.69, 9.17) is 5.26 Å². The Hall–Kier alpha value is -1.67. The number of rotatable bonds is 2. The van der Waals surface area contributed by atoms with Gasteiger partial charge in [0, 0.05) is 24.8 Å². The Morgan fingerprint density at radius 3 is 3.05 bits per heavy atom. The van der Waals surface area contributed by atoms with Crippen molar-refractivity contribution < 1.29 is 0 Å². The molecule has 19 heavy (non-hydrogen) atoms. The Morgan fingerprint density at radius 2 is 2.26 bits per heavy atom. The van der Waals surface area contributed by atoms with Crippen LogP contribution in [0, 0.1) is 11.3 Å². The summed E-state index contributed by atoms with van der Waals surface area (Å²) in [6.45, 7) is 2.12. The van der Waals surface area contributed by atoms with Gasteiger partial charge in [-0.2, -0.15) is 5.26 Å². The lowest BCUT2D eigenvalue weighted by Gasteiger charge is -2.39. The molecule has 100 valence electrons.